The first kappa shape index (κ1) is 21.4. The van der Waals surface area contributed by atoms with E-state index >= 15 is 0 Å². The van der Waals surface area contributed by atoms with Crippen LogP contribution in [0.5, 0.6) is 11.5 Å². The molecular formula is C26H29NO3. The maximum atomic E-state index is 12.8. The molecule has 0 aliphatic rings. The quantitative estimate of drug-likeness (QED) is 0.477. The maximum absolute atomic E-state index is 12.8. The highest BCUT2D eigenvalue weighted by Gasteiger charge is 2.12. The van der Waals surface area contributed by atoms with Gasteiger partial charge in [0.1, 0.15) is 18.1 Å². The number of aryl methyl sites for hydroxylation is 1. The Morgan fingerprint density at radius 1 is 0.933 bits per heavy atom. The summed E-state index contributed by atoms with van der Waals surface area (Å²) < 4.78 is 11.6. The van der Waals surface area contributed by atoms with E-state index in [1.165, 1.54) is 11.1 Å². The van der Waals surface area contributed by atoms with Crippen LogP contribution in [-0.2, 0) is 6.61 Å². The molecule has 0 saturated heterocycles. The van der Waals surface area contributed by atoms with Gasteiger partial charge < -0.3 is 14.8 Å². The molecule has 1 amide bonds. The summed E-state index contributed by atoms with van der Waals surface area (Å²) in [6.45, 7) is 9.14. The van der Waals surface area contributed by atoms with Crippen LogP contribution in [-0.4, -0.2) is 12.5 Å². The number of ether oxygens (including phenoxy) is 2. The fraction of sp³-hybridized carbons (Fsp3) is 0.269. The Balaban J connectivity index is 1.74. The molecule has 30 heavy (non-hydrogen) atoms. The van der Waals surface area contributed by atoms with Crippen molar-refractivity contribution in [1.29, 1.82) is 0 Å². The van der Waals surface area contributed by atoms with Crippen LogP contribution in [0.1, 0.15) is 53.7 Å². The Morgan fingerprint density at radius 2 is 1.63 bits per heavy atom. The predicted molar refractivity (Wildman–Crippen MR) is 122 cm³/mol. The third-order valence-corrected chi connectivity index (χ3v) is 4.87. The molecule has 156 valence electrons. The molecule has 0 radical (unpaired) electrons. The van der Waals surface area contributed by atoms with Crippen LogP contribution in [0.4, 0.5) is 5.69 Å². The number of hydrogen-bond donors (Lipinski definition) is 1. The number of nitrogens with one attached hydrogen (secondary N) is 1. The molecule has 1 N–H and O–H groups in total. The van der Waals surface area contributed by atoms with Crippen molar-refractivity contribution in [1.82, 2.24) is 0 Å². The Bertz CT molecular complexity index is 976. The molecule has 3 aromatic rings. The summed E-state index contributed by atoms with van der Waals surface area (Å²) in [6.07, 6.45) is 0. The lowest BCUT2D eigenvalue weighted by Gasteiger charge is -2.14. The molecule has 0 unspecified atom stereocenters. The summed E-state index contributed by atoms with van der Waals surface area (Å²) in [7, 11) is 0. The molecule has 0 aliphatic heterocycles. The lowest BCUT2D eigenvalue weighted by molar-refractivity contribution is 0.102. The summed E-state index contributed by atoms with van der Waals surface area (Å²) >= 11 is 0. The van der Waals surface area contributed by atoms with Gasteiger partial charge in [-0.25, -0.2) is 0 Å². The highest BCUT2D eigenvalue weighted by Crippen LogP contribution is 2.24. The van der Waals surface area contributed by atoms with Gasteiger partial charge in [0.2, 0.25) is 0 Å². The summed E-state index contributed by atoms with van der Waals surface area (Å²) in [5.41, 5.74) is 4.59. The maximum Gasteiger partial charge on any atom is 0.255 e. The van der Waals surface area contributed by atoms with Crippen LogP contribution in [0.15, 0.2) is 66.7 Å². The van der Waals surface area contributed by atoms with Crippen LogP contribution in [0, 0.1) is 6.92 Å². The van der Waals surface area contributed by atoms with Crippen molar-refractivity contribution < 1.29 is 14.3 Å². The molecule has 3 rings (SSSR count). The normalized spacial score (nSPS) is 10.7. The highest BCUT2D eigenvalue weighted by molar-refractivity contribution is 6.04. The van der Waals surface area contributed by atoms with E-state index in [0.29, 0.717) is 24.7 Å². The standard InChI is InChI=1S/C26H29NO3/c1-5-29-25-15-10-21(16-22(25)17-30-24-13-6-19(4)7-14-24)26(28)27-23-11-8-20(9-12-23)18(2)3/h6-16,18H,5,17H2,1-4H3,(H,27,28). The van der Waals surface area contributed by atoms with E-state index in [9.17, 15) is 4.79 Å². The van der Waals surface area contributed by atoms with Crippen molar-refractivity contribution in [2.45, 2.75) is 40.2 Å². The van der Waals surface area contributed by atoms with E-state index in [1.807, 2.05) is 74.5 Å². The molecule has 0 heterocycles. The zero-order chi connectivity index (χ0) is 21.5. The van der Waals surface area contributed by atoms with Gasteiger partial charge in [-0.05, 0) is 67.8 Å². The second kappa shape index (κ2) is 9.97. The molecule has 4 nitrogen and oxygen atoms in total. The molecule has 0 bridgehead atoms. The average Bonchev–Trinajstić information content (AvgIpc) is 2.74. The molecule has 0 aromatic heterocycles. The average molecular weight is 404 g/mol. The molecule has 0 aliphatic carbocycles. The minimum Gasteiger partial charge on any atom is -0.493 e. The molecule has 0 saturated carbocycles. The third kappa shape index (κ3) is 5.63. The van der Waals surface area contributed by atoms with E-state index in [-0.39, 0.29) is 5.91 Å². The molecular weight excluding hydrogens is 374 g/mol. The van der Waals surface area contributed by atoms with E-state index in [1.54, 1.807) is 6.07 Å². The van der Waals surface area contributed by atoms with Gasteiger partial charge in [0.25, 0.3) is 5.91 Å². The zero-order valence-corrected chi connectivity index (χ0v) is 18.1. The van der Waals surface area contributed by atoms with Crippen LogP contribution in [0.2, 0.25) is 0 Å². The van der Waals surface area contributed by atoms with Crippen molar-refractivity contribution in [3.63, 3.8) is 0 Å². The molecule has 3 aromatic carbocycles. The lowest BCUT2D eigenvalue weighted by atomic mass is 10.0. The minimum atomic E-state index is -0.160. The largest absolute Gasteiger partial charge is 0.493 e. The molecule has 0 spiro atoms. The minimum absolute atomic E-state index is 0.160. The summed E-state index contributed by atoms with van der Waals surface area (Å²) in [4.78, 5) is 12.8. The molecule has 0 fully saturated rings. The second-order valence-corrected chi connectivity index (χ2v) is 7.59. The fourth-order valence-corrected chi connectivity index (χ4v) is 3.08. The number of carbonyl (C=O) groups is 1. The summed E-state index contributed by atoms with van der Waals surface area (Å²) in [6, 6.07) is 21.3. The first-order chi connectivity index (χ1) is 14.5. The topological polar surface area (TPSA) is 47.6 Å². The van der Waals surface area contributed by atoms with Gasteiger partial charge in [-0.2, -0.15) is 0 Å². The summed E-state index contributed by atoms with van der Waals surface area (Å²) in [5.74, 6) is 1.80. The smallest absolute Gasteiger partial charge is 0.255 e. The number of anilines is 1. The van der Waals surface area contributed by atoms with E-state index in [0.717, 1.165) is 22.7 Å². The Hall–Kier alpha value is -3.27. The monoisotopic (exact) mass is 403 g/mol. The molecule has 0 atom stereocenters. The summed E-state index contributed by atoms with van der Waals surface area (Å²) in [5, 5.41) is 2.96. The van der Waals surface area contributed by atoms with Crippen LogP contribution in [0.3, 0.4) is 0 Å². The highest BCUT2D eigenvalue weighted by atomic mass is 16.5. The van der Waals surface area contributed by atoms with Crippen LogP contribution >= 0.6 is 0 Å². The second-order valence-electron chi connectivity index (χ2n) is 7.59. The van der Waals surface area contributed by atoms with Crippen LogP contribution in [0.25, 0.3) is 0 Å². The Labute approximate surface area is 178 Å². The van der Waals surface area contributed by atoms with Crippen molar-refractivity contribution >= 4 is 11.6 Å². The van der Waals surface area contributed by atoms with Crippen molar-refractivity contribution in [2.75, 3.05) is 11.9 Å². The number of benzene rings is 3. The van der Waals surface area contributed by atoms with E-state index < -0.39 is 0 Å². The number of rotatable bonds is 8. The van der Waals surface area contributed by atoms with E-state index in [4.69, 9.17) is 9.47 Å². The van der Waals surface area contributed by atoms with Crippen LogP contribution < -0.4 is 14.8 Å². The van der Waals surface area contributed by atoms with Crippen molar-refractivity contribution in [3.05, 3.63) is 89.0 Å². The van der Waals surface area contributed by atoms with Gasteiger partial charge >= 0.3 is 0 Å². The third-order valence-electron chi connectivity index (χ3n) is 4.87. The number of hydrogen-bond acceptors (Lipinski definition) is 3. The SMILES string of the molecule is CCOc1ccc(C(=O)Nc2ccc(C(C)C)cc2)cc1COc1ccc(C)cc1. The van der Waals surface area contributed by atoms with Gasteiger partial charge in [0.15, 0.2) is 0 Å². The van der Waals surface area contributed by atoms with Gasteiger partial charge in [-0.15, -0.1) is 0 Å². The van der Waals surface area contributed by atoms with E-state index in [2.05, 4.69) is 19.2 Å². The van der Waals surface area contributed by atoms with Gasteiger partial charge in [-0.1, -0.05) is 43.7 Å². The van der Waals surface area contributed by atoms with Gasteiger partial charge in [0.05, 0.1) is 6.61 Å². The Morgan fingerprint density at radius 3 is 2.27 bits per heavy atom. The number of carbonyl (C=O) groups excluding carboxylic acids is 1. The predicted octanol–water partition coefficient (Wildman–Crippen LogP) is 6.35. The van der Waals surface area contributed by atoms with Gasteiger partial charge in [-0.3, -0.25) is 4.79 Å². The van der Waals surface area contributed by atoms with Crippen molar-refractivity contribution in [3.8, 4) is 11.5 Å². The fourth-order valence-electron chi connectivity index (χ4n) is 3.08. The van der Waals surface area contributed by atoms with Gasteiger partial charge in [0, 0.05) is 16.8 Å². The number of amides is 1. The first-order valence-corrected chi connectivity index (χ1v) is 10.3. The first-order valence-electron chi connectivity index (χ1n) is 10.3. The van der Waals surface area contributed by atoms with Crippen molar-refractivity contribution in [2.24, 2.45) is 0 Å². The zero-order valence-electron chi connectivity index (χ0n) is 18.1. The lowest BCUT2D eigenvalue weighted by Crippen LogP contribution is -2.13. The Kier molecular flexibility index (Phi) is 7.12. The molecule has 4 heteroatoms.